The number of carbonyl (C=O) groups excluding carboxylic acids is 1. The first-order valence-corrected chi connectivity index (χ1v) is 5.72. The zero-order chi connectivity index (χ0) is 14.5. The monoisotopic (exact) mass is 278 g/mol. The molecule has 3 nitrogen and oxygen atoms in total. The third kappa shape index (κ3) is 4.86. The lowest BCUT2D eigenvalue weighted by Crippen LogP contribution is -2.28. The second kappa shape index (κ2) is 6.51. The highest BCUT2D eigenvalue weighted by molar-refractivity contribution is 5.92. The van der Waals surface area contributed by atoms with E-state index in [9.17, 15) is 22.4 Å². The molecule has 1 amide bonds. The molecule has 0 aliphatic heterocycles. The number of anilines is 1. The van der Waals surface area contributed by atoms with Gasteiger partial charge in [-0.15, -0.1) is 0 Å². The lowest BCUT2D eigenvalue weighted by molar-refractivity contribution is -0.140. The van der Waals surface area contributed by atoms with E-state index in [1.807, 2.05) is 6.92 Å². The molecule has 1 aromatic rings. The maximum absolute atomic E-state index is 13.0. The molecule has 0 saturated heterocycles. The lowest BCUT2D eigenvalue weighted by atomic mass is 10.2. The molecule has 0 heterocycles. The van der Waals surface area contributed by atoms with Gasteiger partial charge in [0.05, 0.1) is 12.1 Å². The van der Waals surface area contributed by atoms with Gasteiger partial charge in [0.1, 0.15) is 5.82 Å². The molecule has 0 fully saturated rings. The van der Waals surface area contributed by atoms with E-state index < -0.39 is 23.5 Å². The highest BCUT2D eigenvalue weighted by atomic mass is 19.4. The van der Waals surface area contributed by atoms with Crippen LogP contribution in [-0.2, 0) is 11.0 Å². The molecule has 0 aliphatic carbocycles. The van der Waals surface area contributed by atoms with Crippen molar-refractivity contribution in [2.24, 2.45) is 0 Å². The Morgan fingerprint density at radius 2 is 2.00 bits per heavy atom. The van der Waals surface area contributed by atoms with Crippen LogP contribution in [0.3, 0.4) is 0 Å². The van der Waals surface area contributed by atoms with E-state index in [1.165, 1.54) is 0 Å². The van der Waals surface area contributed by atoms with Gasteiger partial charge in [0, 0.05) is 5.69 Å². The van der Waals surface area contributed by atoms with E-state index in [2.05, 4.69) is 10.6 Å². The number of carbonyl (C=O) groups is 1. The largest absolute Gasteiger partial charge is 0.419 e. The van der Waals surface area contributed by atoms with Crippen LogP contribution < -0.4 is 10.6 Å². The number of halogens is 4. The summed E-state index contributed by atoms with van der Waals surface area (Å²) >= 11 is 0. The summed E-state index contributed by atoms with van der Waals surface area (Å²) in [5.74, 6) is -1.84. The predicted molar refractivity (Wildman–Crippen MR) is 63.2 cm³/mol. The summed E-state index contributed by atoms with van der Waals surface area (Å²) in [4.78, 5) is 11.4. The Labute approximate surface area is 108 Å². The number of amides is 1. The van der Waals surface area contributed by atoms with Crippen LogP contribution in [0.15, 0.2) is 18.2 Å². The maximum Gasteiger partial charge on any atom is 0.419 e. The average molecular weight is 278 g/mol. The maximum atomic E-state index is 13.0. The molecule has 0 radical (unpaired) electrons. The van der Waals surface area contributed by atoms with Crippen LogP contribution in [0.1, 0.15) is 18.9 Å². The predicted octanol–water partition coefficient (Wildman–Crippen LogP) is 2.78. The molecule has 7 heteroatoms. The highest BCUT2D eigenvalue weighted by Crippen LogP contribution is 2.32. The quantitative estimate of drug-likeness (QED) is 0.642. The molecule has 0 aromatic heterocycles. The van der Waals surface area contributed by atoms with Gasteiger partial charge in [-0.2, -0.15) is 13.2 Å². The van der Waals surface area contributed by atoms with Gasteiger partial charge in [-0.05, 0) is 31.2 Å². The molecule has 19 heavy (non-hydrogen) atoms. The molecule has 0 spiro atoms. The molecule has 106 valence electrons. The summed E-state index contributed by atoms with van der Waals surface area (Å²) in [6.07, 6.45) is -3.95. The SMILES string of the molecule is CCCNCC(=O)Nc1ccc(F)c(C(F)(F)F)c1. The molecule has 0 aliphatic rings. The first-order valence-electron chi connectivity index (χ1n) is 5.72. The number of benzene rings is 1. The fourth-order valence-electron chi connectivity index (χ4n) is 1.40. The Kier molecular flexibility index (Phi) is 5.29. The number of alkyl halides is 3. The summed E-state index contributed by atoms with van der Waals surface area (Å²) in [6.45, 7) is 2.54. The number of hydrogen-bond donors (Lipinski definition) is 2. The van der Waals surface area contributed by atoms with Crippen LogP contribution in [0.25, 0.3) is 0 Å². The van der Waals surface area contributed by atoms with Gasteiger partial charge in [0.25, 0.3) is 0 Å². The van der Waals surface area contributed by atoms with Crippen molar-refractivity contribution in [2.45, 2.75) is 19.5 Å². The van der Waals surface area contributed by atoms with Crippen molar-refractivity contribution in [3.05, 3.63) is 29.6 Å². The third-order valence-corrected chi connectivity index (χ3v) is 2.27. The van der Waals surface area contributed by atoms with Gasteiger partial charge >= 0.3 is 6.18 Å². The number of hydrogen-bond acceptors (Lipinski definition) is 2. The Morgan fingerprint density at radius 3 is 2.58 bits per heavy atom. The normalized spacial score (nSPS) is 11.4. The van der Waals surface area contributed by atoms with Crippen molar-refractivity contribution in [3.8, 4) is 0 Å². The molecular weight excluding hydrogens is 264 g/mol. The minimum Gasteiger partial charge on any atom is -0.325 e. The number of nitrogens with one attached hydrogen (secondary N) is 2. The van der Waals surface area contributed by atoms with Gasteiger partial charge in [-0.25, -0.2) is 4.39 Å². The molecule has 0 atom stereocenters. The number of rotatable bonds is 5. The van der Waals surface area contributed by atoms with Crippen LogP contribution in [0.2, 0.25) is 0 Å². The van der Waals surface area contributed by atoms with Crippen LogP contribution >= 0.6 is 0 Å². The molecular formula is C12H14F4N2O. The molecule has 0 bridgehead atoms. The van der Waals surface area contributed by atoms with Gasteiger partial charge < -0.3 is 10.6 Å². The van der Waals surface area contributed by atoms with Gasteiger partial charge in [-0.3, -0.25) is 4.79 Å². The standard InChI is InChI=1S/C12H14F4N2O/c1-2-5-17-7-11(19)18-8-3-4-10(13)9(6-8)12(14,15)16/h3-4,6,17H,2,5,7H2,1H3,(H,18,19). The molecule has 1 rings (SSSR count). The van der Waals surface area contributed by atoms with E-state index in [4.69, 9.17) is 0 Å². The fourth-order valence-corrected chi connectivity index (χ4v) is 1.40. The zero-order valence-corrected chi connectivity index (χ0v) is 10.3. The summed E-state index contributed by atoms with van der Waals surface area (Å²) < 4.78 is 50.4. The highest BCUT2D eigenvalue weighted by Gasteiger charge is 2.34. The fraction of sp³-hybridized carbons (Fsp3) is 0.417. The molecule has 0 unspecified atom stereocenters. The first kappa shape index (κ1) is 15.4. The molecule has 0 saturated carbocycles. The van der Waals surface area contributed by atoms with E-state index in [1.54, 1.807) is 0 Å². The Balaban J connectivity index is 2.72. The minimum atomic E-state index is -4.79. The smallest absolute Gasteiger partial charge is 0.325 e. The van der Waals surface area contributed by atoms with Gasteiger partial charge in [0.15, 0.2) is 0 Å². The Hall–Kier alpha value is -1.63. The second-order valence-corrected chi connectivity index (χ2v) is 3.92. The molecule has 2 N–H and O–H groups in total. The van der Waals surface area contributed by atoms with Crippen molar-refractivity contribution >= 4 is 11.6 Å². The van der Waals surface area contributed by atoms with E-state index in [0.29, 0.717) is 18.7 Å². The van der Waals surface area contributed by atoms with E-state index in [-0.39, 0.29) is 12.2 Å². The molecule has 1 aromatic carbocycles. The van der Waals surface area contributed by atoms with Crippen LogP contribution in [0.4, 0.5) is 23.2 Å². The van der Waals surface area contributed by atoms with E-state index in [0.717, 1.165) is 12.5 Å². The van der Waals surface area contributed by atoms with Crippen LogP contribution in [0.5, 0.6) is 0 Å². The Bertz CT molecular complexity index is 446. The van der Waals surface area contributed by atoms with Crippen LogP contribution in [-0.4, -0.2) is 19.0 Å². The van der Waals surface area contributed by atoms with Gasteiger partial charge in [-0.1, -0.05) is 6.92 Å². The van der Waals surface area contributed by atoms with Crippen LogP contribution in [0, 0.1) is 5.82 Å². The van der Waals surface area contributed by atoms with Crippen molar-refractivity contribution in [2.75, 3.05) is 18.4 Å². The van der Waals surface area contributed by atoms with Crippen molar-refractivity contribution < 1.29 is 22.4 Å². The summed E-state index contributed by atoms with van der Waals surface area (Å²) in [5.41, 5.74) is -1.48. The minimum absolute atomic E-state index is 0.00737. The van der Waals surface area contributed by atoms with Crippen molar-refractivity contribution in [1.29, 1.82) is 0 Å². The Morgan fingerprint density at radius 1 is 1.32 bits per heavy atom. The summed E-state index contributed by atoms with van der Waals surface area (Å²) in [6, 6.07) is 2.34. The first-order chi connectivity index (χ1) is 8.84. The van der Waals surface area contributed by atoms with Crippen molar-refractivity contribution in [1.82, 2.24) is 5.32 Å². The topological polar surface area (TPSA) is 41.1 Å². The summed E-state index contributed by atoms with van der Waals surface area (Å²) in [7, 11) is 0. The lowest BCUT2D eigenvalue weighted by Gasteiger charge is -2.11. The third-order valence-electron chi connectivity index (χ3n) is 2.27. The van der Waals surface area contributed by atoms with E-state index >= 15 is 0 Å². The second-order valence-electron chi connectivity index (χ2n) is 3.92. The average Bonchev–Trinajstić information content (AvgIpc) is 2.30. The zero-order valence-electron chi connectivity index (χ0n) is 10.3. The summed E-state index contributed by atoms with van der Waals surface area (Å²) in [5, 5.41) is 5.08. The van der Waals surface area contributed by atoms with Gasteiger partial charge in [0.2, 0.25) is 5.91 Å². The van der Waals surface area contributed by atoms with Crippen molar-refractivity contribution in [3.63, 3.8) is 0 Å².